The van der Waals surface area contributed by atoms with Gasteiger partial charge in [-0.25, -0.2) is 0 Å². The van der Waals surface area contributed by atoms with Crippen LogP contribution < -0.4 is 16.4 Å². The van der Waals surface area contributed by atoms with Gasteiger partial charge < -0.3 is 16.4 Å². The summed E-state index contributed by atoms with van der Waals surface area (Å²) < 4.78 is 0. The third-order valence-corrected chi connectivity index (χ3v) is 2.54. The fourth-order valence-corrected chi connectivity index (χ4v) is 1.57. The van der Waals surface area contributed by atoms with Gasteiger partial charge >= 0.3 is 0 Å². The molecule has 0 aromatic carbocycles. The zero-order chi connectivity index (χ0) is 8.55. The van der Waals surface area contributed by atoms with Crippen molar-refractivity contribution < 1.29 is 4.79 Å². The van der Waals surface area contributed by atoms with E-state index in [1.165, 1.54) is 0 Å². The monoisotopic (exact) mass is 169 g/mol. The standard InChI is InChI=1S/C8H15N3O/c9-5-4-7(5)11-8(12)6-2-1-3-10-6/h5-7,10H,1-4,9H2,(H,11,12)/t5?,6-,7?/m1/s1. The molecular formula is C8H15N3O. The van der Waals surface area contributed by atoms with Gasteiger partial charge in [-0.05, 0) is 25.8 Å². The largest absolute Gasteiger partial charge is 0.350 e. The third kappa shape index (κ3) is 1.59. The van der Waals surface area contributed by atoms with Gasteiger partial charge in [0, 0.05) is 12.1 Å². The van der Waals surface area contributed by atoms with Crippen LogP contribution in [0.3, 0.4) is 0 Å². The van der Waals surface area contributed by atoms with Crippen molar-refractivity contribution in [3.63, 3.8) is 0 Å². The number of rotatable bonds is 2. The molecule has 0 aromatic heterocycles. The zero-order valence-corrected chi connectivity index (χ0v) is 7.05. The van der Waals surface area contributed by atoms with Crippen molar-refractivity contribution in [3.05, 3.63) is 0 Å². The van der Waals surface area contributed by atoms with E-state index in [9.17, 15) is 4.79 Å². The number of nitrogens with two attached hydrogens (primary N) is 1. The molecule has 1 aliphatic heterocycles. The Kier molecular flexibility index (Phi) is 2.02. The lowest BCUT2D eigenvalue weighted by Gasteiger charge is -2.09. The van der Waals surface area contributed by atoms with Gasteiger partial charge in [-0.2, -0.15) is 0 Å². The van der Waals surface area contributed by atoms with Crippen LogP contribution in [0.15, 0.2) is 0 Å². The number of hydrogen-bond acceptors (Lipinski definition) is 3. The number of amides is 1. The van der Waals surface area contributed by atoms with Gasteiger partial charge in [0.25, 0.3) is 0 Å². The molecule has 1 aliphatic carbocycles. The Bertz CT molecular complexity index is 189. The first kappa shape index (κ1) is 8.01. The van der Waals surface area contributed by atoms with Gasteiger partial charge in [0.2, 0.25) is 5.91 Å². The van der Waals surface area contributed by atoms with Crippen molar-refractivity contribution in [2.75, 3.05) is 6.54 Å². The Morgan fingerprint density at radius 2 is 2.33 bits per heavy atom. The number of carbonyl (C=O) groups excluding carboxylic acids is 1. The molecule has 2 aliphatic rings. The lowest BCUT2D eigenvalue weighted by Crippen LogP contribution is -2.42. The minimum atomic E-state index is 0.0396. The van der Waals surface area contributed by atoms with E-state index in [2.05, 4.69) is 10.6 Å². The molecule has 4 N–H and O–H groups in total. The number of nitrogens with one attached hydrogen (secondary N) is 2. The van der Waals surface area contributed by atoms with E-state index in [-0.39, 0.29) is 24.0 Å². The molecule has 3 atom stereocenters. The Hall–Kier alpha value is -0.610. The average Bonchev–Trinajstić information content (AvgIpc) is 2.58. The Labute approximate surface area is 71.9 Å². The molecule has 12 heavy (non-hydrogen) atoms. The van der Waals surface area contributed by atoms with E-state index in [0.29, 0.717) is 0 Å². The van der Waals surface area contributed by atoms with E-state index in [1.54, 1.807) is 0 Å². The first-order chi connectivity index (χ1) is 5.77. The quantitative estimate of drug-likeness (QED) is 0.494. The second-order valence-electron chi connectivity index (χ2n) is 3.66. The van der Waals surface area contributed by atoms with Crippen LogP contribution in [0, 0.1) is 0 Å². The van der Waals surface area contributed by atoms with Gasteiger partial charge in [-0.15, -0.1) is 0 Å². The Morgan fingerprint density at radius 1 is 1.58 bits per heavy atom. The molecule has 2 rings (SSSR count). The second kappa shape index (κ2) is 3.03. The summed E-state index contributed by atoms with van der Waals surface area (Å²) in [6, 6.07) is 0.494. The van der Waals surface area contributed by atoms with E-state index in [4.69, 9.17) is 5.73 Å². The maximum atomic E-state index is 11.4. The van der Waals surface area contributed by atoms with Crippen molar-refractivity contribution in [2.24, 2.45) is 5.73 Å². The predicted octanol–water partition coefficient (Wildman–Crippen LogP) is -1.05. The van der Waals surface area contributed by atoms with Crippen LogP contribution in [0.2, 0.25) is 0 Å². The summed E-state index contributed by atoms with van der Waals surface area (Å²) in [6.45, 7) is 0.967. The molecule has 4 heteroatoms. The normalized spacial score (nSPS) is 39.6. The fourth-order valence-electron chi connectivity index (χ4n) is 1.57. The van der Waals surface area contributed by atoms with E-state index in [1.807, 2.05) is 0 Å². The van der Waals surface area contributed by atoms with Gasteiger partial charge in [-0.1, -0.05) is 0 Å². The Morgan fingerprint density at radius 3 is 2.83 bits per heavy atom. The summed E-state index contributed by atoms with van der Waals surface area (Å²) in [7, 11) is 0. The molecule has 2 unspecified atom stereocenters. The molecule has 68 valence electrons. The van der Waals surface area contributed by atoms with Crippen molar-refractivity contribution in [1.29, 1.82) is 0 Å². The van der Waals surface area contributed by atoms with Crippen molar-refractivity contribution in [3.8, 4) is 0 Å². The molecule has 0 aromatic rings. The highest BCUT2D eigenvalue weighted by molar-refractivity contribution is 5.82. The van der Waals surface area contributed by atoms with E-state index in [0.717, 1.165) is 25.8 Å². The molecule has 0 radical (unpaired) electrons. The first-order valence-electron chi connectivity index (χ1n) is 4.57. The summed E-state index contributed by atoms with van der Waals surface area (Å²) in [6.07, 6.45) is 3.01. The summed E-state index contributed by atoms with van der Waals surface area (Å²) in [5, 5.41) is 6.07. The van der Waals surface area contributed by atoms with Crippen molar-refractivity contribution in [2.45, 2.75) is 37.4 Å². The third-order valence-electron chi connectivity index (χ3n) is 2.54. The summed E-state index contributed by atoms with van der Waals surface area (Å²) >= 11 is 0. The van der Waals surface area contributed by atoms with Crippen LogP contribution in [0.1, 0.15) is 19.3 Å². The van der Waals surface area contributed by atoms with E-state index < -0.39 is 0 Å². The van der Waals surface area contributed by atoms with Crippen LogP contribution in [0.5, 0.6) is 0 Å². The smallest absolute Gasteiger partial charge is 0.237 e. The summed E-state index contributed by atoms with van der Waals surface area (Å²) in [4.78, 5) is 11.4. The first-order valence-corrected chi connectivity index (χ1v) is 4.57. The summed E-state index contributed by atoms with van der Waals surface area (Å²) in [5.41, 5.74) is 5.58. The van der Waals surface area contributed by atoms with Gasteiger partial charge in [0.15, 0.2) is 0 Å². The maximum absolute atomic E-state index is 11.4. The second-order valence-corrected chi connectivity index (χ2v) is 3.66. The molecule has 4 nitrogen and oxygen atoms in total. The van der Waals surface area contributed by atoms with Gasteiger partial charge in [0.05, 0.1) is 6.04 Å². The highest BCUT2D eigenvalue weighted by Gasteiger charge is 2.36. The maximum Gasteiger partial charge on any atom is 0.237 e. The molecule has 0 spiro atoms. The Balaban J connectivity index is 1.76. The molecule has 1 saturated heterocycles. The van der Waals surface area contributed by atoms with Gasteiger partial charge in [-0.3, -0.25) is 4.79 Å². The van der Waals surface area contributed by atoms with Crippen molar-refractivity contribution >= 4 is 5.91 Å². The lowest BCUT2D eigenvalue weighted by atomic mass is 10.2. The SMILES string of the molecule is NC1CC1NC(=O)[C@H]1CCCN1. The predicted molar refractivity (Wildman–Crippen MR) is 45.5 cm³/mol. The molecule has 1 heterocycles. The fraction of sp³-hybridized carbons (Fsp3) is 0.875. The molecule has 0 bridgehead atoms. The van der Waals surface area contributed by atoms with Gasteiger partial charge in [0.1, 0.15) is 0 Å². The molecule has 1 amide bonds. The van der Waals surface area contributed by atoms with Crippen LogP contribution >= 0.6 is 0 Å². The van der Waals surface area contributed by atoms with Crippen LogP contribution in [0.4, 0.5) is 0 Å². The number of carbonyl (C=O) groups is 1. The minimum absolute atomic E-state index is 0.0396. The van der Waals surface area contributed by atoms with Crippen LogP contribution in [-0.4, -0.2) is 30.6 Å². The molecule has 1 saturated carbocycles. The molecule has 2 fully saturated rings. The average molecular weight is 169 g/mol. The van der Waals surface area contributed by atoms with Crippen molar-refractivity contribution in [1.82, 2.24) is 10.6 Å². The lowest BCUT2D eigenvalue weighted by molar-refractivity contribution is -0.122. The highest BCUT2D eigenvalue weighted by atomic mass is 16.2. The van der Waals surface area contributed by atoms with Crippen LogP contribution in [-0.2, 0) is 4.79 Å². The van der Waals surface area contributed by atoms with E-state index >= 15 is 0 Å². The number of hydrogen-bond donors (Lipinski definition) is 3. The minimum Gasteiger partial charge on any atom is -0.350 e. The zero-order valence-electron chi connectivity index (χ0n) is 7.05. The molecular weight excluding hydrogens is 154 g/mol. The van der Waals surface area contributed by atoms with Crippen LogP contribution in [0.25, 0.3) is 0 Å². The highest BCUT2D eigenvalue weighted by Crippen LogP contribution is 2.18. The topological polar surface area (TPSA) is 67.1 Å². The summed E-state index contributed by atoms with van der Waals surface area (Å²) in [5.74, 6) is 0.130.